The van der Waals surface area contributed by atoms with Gasteiger partial charge in [0.05, 0.1) is 6.04 Å². The lowest BCUT2D eigenvalue weighted by Gasteiger charge is -2.17. The van der Waals surface area contributed by atoms with Crippen molar-refractivity contribution in [2.75, 3.05) is 19.2 Å². The fraction of sp³-hybridized carbons (Fsp3) is 0.533. The number of nitrogens with one attached hydrogen (secondary N) is 2. The summed E-state index contributed by atoms with van der Waals surface area (Å²) in [5.74, 6) is 1.40. The molecule has 1 aromatic carbocycles. The zero-order chi connectivity index (χ0) is 14.5. The highest BCUT2D eigenvalue weighted by molar-refractivity contribution is 5.95. The average molecular weight is 278 g/mol. The molecule has 1 heterocycles. The van der Waals surface area contributed by atoms with Crippen molar-refractivity contribution in [1.82, 2.24) is 5.32 Å². The number of hydrogen-bond donors (Lipinski definition) is 2. The van der Waals surface area contributed by atoms with E-state index in [4.69, 9.17) is 9.47 Å². The van der Waals surface area contributed by atoms with Crippen molar-refractivity contribution < 1.29 is 14.3 Å². The topological polar surface area (TPSA) is 59.6 Å². The lowest BCUT2D eigenvalue weighted by Crippen LogP contribution is -2.38. The van der Waals surface area contributed by atoms with Crippen molar-refractivity contribution in [1.29, 1.82) is 0 Å². The second-order valence-electron chi connectivity index (χ2n) is 4.99. The number of carbonyl (C=O) groups is 1. The van der Waals surface area contributed by atoms with E-state index in [1.165, 1.54) is 0 Å². The lowest BCUT2D eigenvalue weighted by atomic mass is 10.1. The molecule has 0 radical (unpaired) electrons. The Morgan fingerprint density at radius 2 is 2.05 bits per heavy atom. The van der Waals surface area contributed by atoms with Gasteiger partial charge in [-0.25, -0.2) is 0 Å². The first-order valence-electron chi connectivity index (χ1n) is 7.04. The number of likely N-dealkylation sites (N-methyl/N-ethyl adjacent to an activating group) is 1. The van der Waals surface area contributed by atoms with E-state index in [2.05, 4.69) is 17.6 Å². The number of ether oxygens (including phenoxy) is 2. The standard InChI is InChI=1S/C15H22N2O3/c1-4-5-6-11(16-3)15(18)17-12-8-14-13(7-10(12)2)19-9-20-14/h7-8,11,16H,4-6,9H2,1-3H3,(H,17,18)/t11-/m1/s1. The fourth-order valence-electron chi connectivity index (χ4n) is 2.21. The Labute approximate surface area is 119 Å². The summed E-state index contributed by atoms with van der Waals surface area (Å²) in [7, 11) is 1.81. The minimum Gasteiger partial charge on any atom is -0.454 e. The Hall–Kier alpha value is -1.75. The first-order chi connectivity index (χ1) is 9.65. The van der Waals surface area contributed by atoms with Gasteiger partial charge in [-0.3, -0.25) is 4.79 Å². The first-order valence-corrected chi connectivity index (χ1v) is 7.04. The Balaban J connectivity index is 2.07. The van der Waals surface area contributed by atoms with Crippen LogP contribution in [0.2, 0.25) is 0 Å². The van der Waals surface area contributed by atoms with Crippen LogP contribution in [0.4, 0.5) is 5.69 Å². The predicted octanol–water partition coefficient (Wildman–Crippen LogP) is 2.44. The maximum absolute atomic E-state index is 12.3. The van der Waals surface area contributed by atoms with Gasteiger partial charge in [-0.15, -0.1) is 0 Å². The molecule has 2 N–H and O–H groups in total. The Morgan fingerprint density at radius 1 is 1.35 bits per heavy atom. The molecule has 2 rings (SSSR count). The molecule has 1 aliphatic heterocycles. The van der Waals surface area contributed by atoms with Crippen molar-refractivity contribution in [3.8, 4) is 11.5 Å². The molecule has 0 spiro atoms. The Bertz CT molecular complexity index is 488. The zero-order valence-corrected chi connectivity index (χ0v) is 12.3. The van der Waals surface area contributed by atoms with Crippen LogP contribution in [0.5, 0.6) is 11.5 Å². The molecule has 5 heteroatoms. The summed E-state index contributed by atoms with van der Waals surface area (Å²) in [6, 6.07) is 3.54. The van der Waals surface area contributed by atoms with Gasteiger partial charge >= 0.3 is 0 Å². The lowest BCUT2D eigenvalue weighted by molar-refractivity contribution is -0.118. The quantitative estimate of drug-likeness (QED) is 0.839. The Morgan fingerprint density at radius 3 is 2.70 bits per heavy atom. The third-order valence-corrected chi connectivity index (χ3v) is 3.49. The van der Waals surface area contributed by atoms with Gasteiger partial charge in [-0.1, -0.05) is 19.8 Å². The second-order valence-corrected chi connectivity index (χ2v) is 4.99. The molecule has 0 saturated carbocycles. The van der Waals surface area contributed by atoms with Crippen LogP contribution in [0.1, 0.15) is 31.7 Å². The number of rotatable bonds is 6. The monoisotopic (exact) mass is 278 g/mol. The number of unbranched alkanes of at least 4 members (excludes halogenated alkanes) is 1. The summed E-state index contributed by atoms with van der Waals surface area (Å²) in [4.78, 5) is 12.3. The summed E-state index contributed by atoms with van der Waals surface area (Å²) in [6.07, 6.45) is 2.94. The molecular formula is C15H22N2O3. The molecule has 1 aromatic rings. The van der Waals surface area contributed by atoms with Gasteiger partial charge in [0.1, 0.15) is 0 Å². The average Bonchev–Trinajstić information content (AvgIpc) is 2.87. The summed E-state index contributed by atoms with van der Waals surface area (Å²) in [5.41, 5.74) is 1.74. The first kappa shape index (κ1) is 14.7. The van der Waals surface area contributed by atoms with Crippen molar-refractivity contribution >= 4 is 11.6 Å². The van der Waals surface area contributed by atoms with E-state index in [1.807, 2.05) is 26.1 Å². The van der Waals surface area contributed by atoms with E-state index < -0.39 is 0 Å². The van der Waals surface area contributed by atoms with Crippen LogP contribution in [-0.2, 0) is 4.79 Å². The summed E-state index contributed by atoms with van der Waals surface area (Å²) in [5, 5.41) is 6.02. The Kier molecular flexibility index (Phi) is 4.84. The molecule has 0 unspecified atom stereocenters. The van der Waals surface area contributed by atoms with Crippen LogP contribution in [0, 0.1) is 6.92 Å². The van der Waals surface area contributed by atoms with Crippen molar-refractivity contribution in [2.45, 2.75) is 39.2 Å². The largest absolute Gasteiger partial charge is 0.454 e. The van der Waals surface area contributed by atoms with Crippen LogP contribution in [0.25, 0.3) is 0 Å². The van der Waals surface area contributed by atoms with E-state index in [0.717, 1.165) is 36.3 Å². The van der Waals surface area contributed by atoms with Crippen LogP contribution < -0.4 is 20.1 Å². The van der Waals surface area contributed by atoms with Crippen molar-refractivity contribution in [3.05, 3.63) is 17.7 Å². The molecule has 20 heavy (non-hydrogen) atoms. The maximum atomic E-state index is 12.3. The number of benzene rings is 1. The highest BCUT2D eigenvalue weighted by Crippen LogP contribution is 2.36. The molecule has 1 amide bonds. The van der Waals surface area contributed by atoms with Gasteiger partial charge in [0.2, 0.25) is 12.7 Å². The van der Waals surface area contributed by atoms with E-state index in [0.29, 0.717) is 5.75 Å². The minimum absolute atomic E-state index is 0.0112. The van der Waals surface area contributed by atoms with Crippen LogP contribution in [0.15, 0.2) is 12.1 Å². The van der Waals surface area contributed by atoms with E-state index in [1.54, 1.807) is 0 Å². The van der Waals surface area contributed by atoms with Crippen LogP contribution in [0.3, 0.4) is 0 Å². The number of amides is 1. The maximum Gasteiger partial charge on any atom is 0.241 e. The third-order valence-electron chi connectivity index (χ3n) is 3.49. The number of hydrogen-bond acceptors (Lipinski definition) is 4. The number of fused-ring (bicyclic) bond motifs is 1. The van der Waals surface area contributed by atoms with Crippen molar-refractivity contribution in [2.24, 2.45) is 0 Å². The highest BCUT2D eigenvalue weighted by Gasteiger charge is 2.20. The molecule has 110 valence electrons. The molecule has 1 atom stereocenters. The van der Waals surface area contributed by atoms with Crippen LogP contribution >= 0.6 is 0 Å². The fourth-order valence-corrected chi connectivity index (χ4v) is 2.21. The summed E-state index contributed by atoms with van der Waals surface area (Å²) >= 11 is 0. The van der Waals surface area contributed by atoms with Gasteiger partial charge in [0, 0.05) is 11.8 Å². The predicted molar refractivity (Wildman–Crippen MR) is 78.3 cm³/mol. The molecule has 0 aromatic heterocycles. The van der Waals surface area contributed by atoms with Gasteiger partial charge < -0.3 is 20.1 Å². The molecule has 0 fully saturated rings. The van der Waals surface area contributed by atoms with E-state index in [-0.39, 0.29) is 18.7 Å². The molecule has 1 aliphatic rings. The number of anilines is 1. The molecule has 5 nitrogen and oxygen atoms in total. The third kappa shape index (κ3) is 3.22. The van der Waals surface area contributed by atoms with Gasteiger partial charge in [-0.05, 0) is 32.0 Å². The van der Waals surface area contributed by atoms with Gasteiger partial charge in [0.15, 0.2) is 11.5 Å². The number of aryl methyl sites for hydroxylation is 1. The second kappa shape index (κ2) is 6.61. The smallest absolute Gasteiger partial charge is 0.241 e. The number of carbonyl (C=O) groups excluding carboxylic acids is 1. The normalized spacial score (nSPS) is 14.2. The minimum atomic E-state index is -0.167. The molecule has 0 aliphatic carbocycles. The van der Waals surface area contributed by atoms with Crippen molar-refractivity contribution in [3.63, 3.8) is 0 Å². The molecular weight excluding hydrogens is 256 g/mol. The van der Waals surface area contributed by atoms with E-state index in [9.17, 15) is 4.79 Å². The molecule has 0 bridgehead atoms. The van der Waals surface area contributed by atoms with E-state index >= 15 is 0 Å². The molecule has 0 saturated heterocycles. The van der Waals surface area contributed by atoms with Crippen LogP contribution in [-0.4, -0.2) is 25.8 Å². The van der Waals surface area contributed by atoms with Gasteiger partial charge in [-0.2, -0.15) is 0 Å². The summed E-state index contributed by atoms with van der Waals surface area (Å²) < 4.78 is 10.7. The SMILES string of the molecule is CCCC[C@@H](NC)C(=O)Nc1cc2c(cc1C)OCO2. The zero-order valence-electron chi connectivity index (χ0n) is 12.3. The summed E-state index contributed by atoms with van der Waals surface area (Å²) in [6.45, 7) is 4.30. The highest BCUT2D eigenvalue weighted by atomic mass is 16.7. The van der Waals surface area contributed by atoms with Gasteiger partial charge in [0.25, 0.3) is 0 Å².